The number of carbonyl (C=O) groups excluding carboxylic acids is 2. The van der Waals surface area contributed by atoms with Gasteiger partial charge in [0, 0.05) is 12.8 Å². The molecule has 2 atom stereocenters. The van der Waals surface area contributed by atoms with Gasteiger partial charge < -0.3 is 20.3 Å². The molecule has 0 aliphatic heterocycles. The van der Waals surface area contributed by atoms with E-state index in [9.17, 15) is 19.8 Å². The summed E-state index contributed by atoms with van der Waals surface area (Å²) >= 11 is 0. The third-order valence-electron chi connectivity index (χ3n) is 11.8. The van der Waals surface area contributed by atoms with Crippen molar-refractivity contribution in [1.29, 1.82) is 0 Å². The predicted octanol–water partition coefficient (Wildman–Crippen LogP) is 15.0. The molecular weight excluding hydrogens is 707 g/mol. The Labute approximate surface area is 355 Å². The summed E-state index contributed by atoms with van der Waals surface area (Å²) in [5.74, 6) is -0.0982. The largest absolute Gasteiger partial charge is 0.466 e. The van der Waals surface area contributed by atoms with E-state index < -0.39 is 12.1 Å². The van der Waals surface area contributed by atoms with Crippen molar-refractivity contribution in [3.8, 4) is 0 Å². The second kappa shape index (κ2) is 47.3. The molecule has 0 aliphatic rings. The van der Waals surface area contributed by atoms with E-state index in [-0.39, 0.29) is 18.5 Å². The monoisotopic (exact) mass is 806 g/mol. The lowest BCUT2D eigenvalue weighted by atomic mass is 10.0. The Balaban J connectivity index is 3.48. The first-order chi connectivity index (χ1) is 28.0. The average Bonchev–Trinajstić information content (AvgIpc) is 3.21. The minimum Gasteiger partial charge on any atom is -0.466 e. The molecule has 0 rings (SSSR count). The van der Waals surface area contributed by atoms with Gasteiger partial charge in [-0.05, 0) is 32.1 Å². The Morgan fingerprint density at radius 2 is 0.807 bits per heavy atom. The van der Waals surface area contributed by atoms with E-state index in [1.165, 1.54) is 193 Å². The molecule has 0 saturated carbocycles. The van der Waals surface area contributed by atoms with Crippen molar-refractivity contribution < 1.29 is 24.5 Å². The van der Waals surface area contributed by atoms with Crippen LogP contribution in [0.3, 0.4) is 0 Å². The van der Waals surface area contributed by atoms with Gasteiger partial charge in [-0.15, -0.1) is 0 Å². The third kappa shape index (κ3) is 44.0. The van der Waals surface area contributed by atoms with E-state index in [0.717, 1.165) is 57.8 Å². The number of hydrogen-bond acceptors (Lipinski definition) is 5. The Hall–Kier alpha value is -1.40. The van der Waals surface area contributed by atoms with E-state index in [0.29, 0.717) is 19.4 Å². The lowest BCUT2D eigenvalue weighted by Crippen LogP contribution is -2.45. The van der Waals surface area contributed by atoms with E-state index >= 15 is 0 Å². The maximum absolute atomic E-state index is 12.4. The molecule has 0 heterocycles. The molecule has 0 bridgehead atoms. The SMILES string of the molecule is CCCCCCCCCCCCCC/C=C/C(O)C(CO)NC(=O)CCCCCCCCCCCCCOC(=O)CCCCCCCCCCCCCCCCC. The number of rotatable bonds is 47. The summed E-state index contributed by atoms with van der Waals surface area (Å²) in [5, 5.41) is 23.0. The maximum atomic E-state index is 12.4. The van der Waals surface area contributed by atoms with Crippen LogP contribution in [0.4, 0.5) is 0 Å². The summed E-state index contributed by atoms with van der Waals surface area (Å²) in [6.45, 7) is 4.87. The van der Waals surface area contributed by atoms with E-state index in [1.54, 1.807) is 6.08 Å². The van der Waals surface area contributed by atoms with Gasteiger partial charge in [-0.3, -0.25) is 9.59 Å². The molecule has 1 amide bonds. The lowest BCUT2D eigenvalue weighted by Gasteiger charge is -2.20. The summed E-state index contributed by atoms with van der Waals surface area (Å²) < 4.78 is 5.46. The number of unbranched alkanes of at least 4 members (excludes halogenated alkanes) is 36. The van der Waals surface area contributed by atoms with Crippen molar-refractivity contribution in [2.75, 3.05) is 13.2 Å². The number of carbonyl (C=O) groups is 2. The molecule has 0 aromatic rings. The number of allylic oxidation sites excluding steroid dienone is 1. The smallest absolute Gasteiger partial charge is 0.305 e. The highest BCUT2D eigenvalue weighted by molar-refractivity contribution is 5.76. The van der Waals surface area contributed by atoms with Crippen LogP contribution in [-0.4, -0.2) is 47.4 Å². The van der Waals surface area contributed by atoms with Gasteiger partial charge in [-0.2, -0.15) is 0 Å². The number of nitrogens with one attached hydrogen (secondary N) is 1. The van der Waals surface area contributed by atoms with Crippen molar-refractivity contribution in [2.45, 2.75) is 289 Å². The van der Waals surface area contributed by atoms with Gasteiger partial charge >= 0.3 is 5.97 Å². The first-order valence-electron chi connectivity index (χ1n) is 25.5. The Bertz CT molecular complexity index is 847. The molecule has 0 spiro atoms. The Morgan fingerprint density at radius 3 is 1.19 bits per heavy atom. The van der Waals surface area contributed by atoms with Gasteiger partial charge in [0.1, 0.15) is 0 Å². The van der Waals surface area contributed by atoms with Gasteiger partial charge in [-0.25, -0.2) is 0 Å². The number of aliphatic hydroxyl groups is 2. The van der Waals surface area contributed by atoms with Crippen LogP contribution in [0.15, 0.2) is 12.2 Å². The van der Waals surface area contributed by atoms with Crippen LogP contribution in [0.1, 0.15) is 277 Å². The molecule has 0 aromatic carbocycles. The van der Waals surface area contributed by atoms with Crippen LogP contribution in [0, 0.1) is 0 Å². The van der Waals surface area contributed by atoms with Gasteiger partial charge in [0.2, 0.25) is 5.91 Å². The van der Waals surface area contributed by atoms with Gasteiger partial charge in [0.05, 0.1) is 25.4 Å². The molecule has 0 radical (unpaired) electrons. The van der Waals surface area contributed by atoms with Gasteiger partial charge in [0.25, 0.3) is 0 Å². The topological polar surface area (TPSA) is 95.9 Å². The molecule has 6 nitrogen and oxygen atoms in total. The molecule has 3 N–H and O–H groups in total. The molecule has 0 fully saturated rings. The fourth-order valence-electron chi connectivity index (χ4n) is 7.87. The van der Waals surface area contributed by atoms with Crippen LogP contribution >= 0.6 is 0 Å². The Morgan fingerprint density at radius 1 is 0.474 bits per heavy atom. The molecule has 0 aromatic heterocycles. The standard InChI is InChI=1S/C51H99NO5/c1-3-5-7-9-11-13-15-17-19-21-25-29-33-37-41-45-51(56)57-46-42-38-34-30-26-22-24-28-32-36-40-44-50(55)52-48(47-53)49(54)43-39-35-31-27-23-20-18-16-14-12-10-8-6-4-2/h39,43,48-49,53-54H,3-38,40-42,44-47H2,1-2H3,(H,52,55)/b43-39+. The molecule has 2 unspecified atom stereocenters. The summed E-state index contributed by atoms with van der Waals surface area (Å²) in [7, 11) is 0. The third-order valence-corrected chi connectivity index (χ3v) is 11.8. The summed E-state index contributed by atoms with van der Waals surface area (Å²) in [4.78, 5) is 24.4. The fourth-order valence-corrected chi connectivity index (χ4v) is 7.87. The normalized spacial score (nSPS) is 12.7. The van der Waals surface area contributed by atoms with E-state index in [1.807, 2.05) is 6.08 Å². The average molecular weight is 806 g/mol. The minimum absolute atomic E-state index is 0.0125. The number of ether oxygens (including phenoxy) is 1. The van der Waals surface area contributed by atoms with E-state index in [4.69, 9.17) is 4.74 Å². The van der Waals surface area contributed by atoms with Crippen LogP contribution in [0.5, 0.6) is 0 Å². The fraction of sp³-hybridized carbons (Fsp3) is 0.922. The zero-order valence-corrected chi connectivity index (χ0v) is 38.3. The zero-order chi connectivity index (χ0) is 41.5. The molecular formula is C51H99NO5. The quantitative estimate of drug-likeness (QED) is 0.0323. The van der Waals surface area contributed by atoms with E-state index in [2.05, 4.69) is 19.2 Å². The highest BCUT2D eigenvalue weighted by Gasteiger charge is 2.18. The first kappa shape index (κ1) is 55.6. The van der Waals surface area contributed by atoms with Gasteiger partial charge in [-0.1, -0.05) is 244 Å². The maximum Gasteiger partial charge on any atom is 0.305 e. The van der Waals surface area contributed by atoms with Crippen molar-refractivity contribution in [3.05, 3.63) is 12.2 Å². The van der Waals surface area contributed by atoms with Crippen molar-refractivity contribution in [2.24, 2.45) is 0 Å². The second-order valence-electron chi connectivity index (χ2n) is 17.5. The van der Waals surface area contributed by atoms with Crippen molar-refractivity contribution in [3.63, 3.8) is 0 Å². The van der Waals surface area contributed by atoms with Crippen LogP contribution in [0.25, 0.3) is 0 Å². The second-order valence-corrected chi connectivity index (χ2v) is 17.5. The van der Waals surface area contributed by atoms with Gasteiger partial charge in [0.15, 0.2) is 0 Å². The summed E-state index contributed by atoms with van der Waals surface area (Å²) in [6, 6.07) is -0.640. The zero-order valence-electron chi connectivity index (χ0n) is 38.3. The predicted molar refractivity (Wildman–Crippen MR) is 246 cm³/mol. The lowest BCUT2D eigenvalue weighted by molar-refractivity contribution is -0.143. The van der Waals surface area contributed by atoms with Crippen LogP contribution in [-0.2, 0) is 14.3 Å². The highest BCUT2D eigenvalue weighted by Crippen LogP contribution is 2.16. The van der Waals surface area contributed by atoms with Crippen LogP contribution in [0.2, 0.25) is 0 Å². The molecule has 0 saturated heterocycles. The number of hydrogen-bond donors (Lipinski definition) is 3. The van der Waals surface area contributed by atoms with Crippen LogP contribution < -0.4 is 5.32 Å². The summed E-state index contributed by atoms with van der Waals surface area (Å²) in [5.41, 5.74) is 0. The number of aliphatic hydroxyl groups excluding tert-OH is 2. The Kier molecular flexibility index (Phi) is 46.1. The molecule has 6 heteroatoms. The number of amides is 1. The first-order valence-corrected chi connectivity index (χ1v) is 25.5. The summed E-state index contributed by atoms with van der Waals surface area (Å²) in [6.07, 6.45) is 53.5. The molecule has 57 heavy (non-hydrogen) atoms. The highest BCUT2D eigenvalue weighted by atomic mass is 16.5. The van der Waals surface area contributed by atoms with Crippen molar-refractivity contribution in [1.82, 2.24) is 5.32 Å². The number of esters is 1. The van der Waals surface area contributed by atoms with Crippen molar-refractivity contribution >= 4 is 11.9 Å². The molecule has 338 valence electrons. The molecule has 0 aliphatic carbocycles. The minimum atomic E-state index is -0.854.